The molecule has 2 aliphatic heterocycles. The minimum absolute atomic E-state index is 0.0667. The Morgan fingerprint density at radius 3 is 2.17 bits per heavy atom. The van der Waals surface area contributed by atoms with E-state index in [2.05, 4.69) is 46.5 Å². The van der Waals surface area contributed by atoms with Gasteiger partial charge in [0.1, 0.15) is 11.4 Å². The van der Waals surface area contributed by atoms with E-state index in [0.29, 0.717) is 11.6 Å². The Hall–Kier alpha value is -2.41. The molecule has 0 bridgehead atoms. The van der Waals surface area contributed by atoms with Crippen molar-refractivity contribution in [3.8, 4) is 0 Å². The number of nitrogens with one attached hydrogen (secondary N) is 1. The standard InChI is InChI=1S/C14H16FNO.C9H18N2O2.C6H12.C5H12/c15-12-7-4-8-13-11(12)9-14(17)16(13)10-5-2-1-3-6-10;1-9(2,3)13-8(12)11-6-4-10-5-7-11;1-4-5-6(2)3;1-4-5(2)3/h4,7-8,10H,1-3,5-6,9H2;10H,4-7H2,1-3H3;2,4-5H2,1,3H3;5H,4H2,1-3H3. The highest BCUT2D eigenvalue weighted by atomic mass is 19.1. The van der Waals surface area contributed by atoms with Gasteiger partial charge in [-0.05, 0) is 65.0 Å². The number of carbonyl (C=O) groups is 2. The third-order valence-corrected chi connectivity index (χ3v) is 7.15. The second kappa shape index (κ2) is 18.9. The number of piperazine rings is 1. The van der Waals surface area contributed by atoms with Gasteiger partial charge in [-0.25, -0.2) is 9.18 Å². The van der Waals surface area contributed by atoms with Crippen molar-refractivity contribution in [3.05, 3.63) is 41.7 Å². The van der Waals surface area contributed by atoms with E-state index in [1.165, 1.54) is 50.2 Å². The van der Waals surface area contributed by atoms with E-state index in [-0.39, 0.29) is 29.8 Å². The molecule has 3 aliphatic rings. The van der Waals surface area contributed by atoms with Gasteiger partial charge in [-0.3, -0.25) is 4.79 Å². The van der Waals surface area contributed by atoms with Crippen LogP contribution >= 0.6 is 0 Å². The average Bonchev–Trinajstić information content (AvgIpc) is 3.27. The number of amides is 2. The maximum absolute atomic E-state index is 13.6. The summed E-state index contributed by atoms with van der Waals surface area (Å²) in [7, 11) is 0. The Morgan fingerprint density at radius 1 is 1.12 bits per heavy atom. The maximum atomic E-state index is 13.6. The summed E-state index contributed by atoms with van der Waals surface area (Å²) in [6, 6.07) is 5.30. The van der Waals surface area contributed by atoms with Crippen LogP contribution in [0.25, 0.3) is 0 Å². The van der Waals surface area contributed by atoms with Crippen molar-refractivity contribution in [1.29, 1.82) is 0 Å². The van der Waals surface area contributed by atoms with E-state index in [9.17, 15) is 14.0 Å². The third-order valence-electron chi connectivity index (χ3n) is 7.15. The molecule has 2 heterocycles. The highest BCUT2D eigenvalue weighted by Crippen LogP contribution is 2.36. The lowest BCUT2D eigenvalue weighted by Gasteiger charge is -2.31. The van der Waals surface area contributed by atoms with Gasteiger partial charge in [0.05, 0.1) is 12.1 Å². The van der Waals surface area contributed by atoms with Crippen molar-refractivity contribution < 1.29 is 18.7 Å². The Labute approximate surface area is 250 Å². The number of ether oxygens (including phenoxy) is 1. The lowest BCUT2D eigenvalue weighted by Crippen LogP contribution is -2.48. The van der Waals surface area contributed by atoms with E-state index < -0.39 is 0 Å². The number of halogens is 1. The molecule has 234 valence electrons. The molecule has 0 spiro atoms. The molecule has 0 aromatic heterocycles. The molecule has 2 amide bonds. The monoisotopic (exact) mass is 575 g/mol. The quantitative estimate of drug-likeness (QED) is 0.367. The van der Waals surface area contributed by atoms with Gasteiger partial charge in [-0.15, -0.1) is 6.58 Å². The largest absolute Gasteiger partial charge is 0.444 e. The van der Waals surface area contributed by atoms with E-state index in [4.69, 9.17) is 4.74 Å². The molecule has 1 saturated carbocycles. The molecule has 1 aromatic carbocycles. The smallest absolute Gasteiger partial charge is 0.410 e. The highest BCUT2D eigenvalue weighted by Gasteiger charge is 2.34. The van der Waals surface area contributed by atoms with Crippen molar-refractivity contribution in [1.82, 2.24) is 10.2 Å². The average molecular weight is 576 g/mol. The summed E-state index contributed by atoms with van der Waals surface area (Å²) >= 11 is 0. The van der Waals surface area contributed by atoms with Gasteiger partial charge in [-0.1, -0.05) is 71.4 Å². The fraction of sp³-hybridized carbons (Fsp3) is 0.706. The number of carbonyl (C=O) groups excluding carboxylic acids is 2. The summed E-state index contributed by atoms with van der Waals surface area (Å²) in [5.74, 6) is 0.709. The predicted molar refractivity (Wildman–Crippen MR) is 170 cm³/mol. The van der Waals surface area contributed by atoms with Gasteiger partial charge in [0.2, 0.25) is 5.91 Å². The van der Waals surface area contributed by atoms with Crippen LogP contribution in [-0.4, -0.2) is 54.7 Å². The fourth-order valence-electron chi connectivity index (χ4n) is 4.66. The SMILES string of the molecule is C=C(C)CCC.CC(C)(C)OC(=O)N1CCNCC1.CCC(C)C.O=C1Cc2c(F)cccc2N1C1CCCCC1. The van der Waals surface area contributed by atoms with Crippen LogP contribution in [0.15, 0.2) is 30.4 Å². The number of fused-ring (bicyclic) bond motifs is 1. The zero-order chi connectivity index (χ0) is 31.0. The first kappa shape index (κ1) is 36.6. The molecule has 4 rings (SSSR count). The fourth-order valence-corrected chi connectivity index (χ4v) is 4.66. The summed E-state index contributed by atoms with van der Waals surface area (Å²) in [6.07, 6.45) is 9.48. The molecule has 41 heavy (non-hydrogen) atoms. The van der Waals surface area contributed by atoms with Crippen LogP contribution in [-0.2, 0) is 16.0 Å². The first-order valence-electron chi connectivity index (χ1n) is 15.7. The van der Waals surface area contributed by atoms with Crippen molar-refractivity contribution in [2.24, 2.45) is 5.92 Å². The zero-order valence-electron chi connectivity index (χ0n) is 27.3. The van der Waals surface area contributed by atoms with E-state index >= 15 is 0 Å². The van der Waals surface area contributed by atoms with Crippen LogP contribution in [0, 0.1) is 11.7 Å². The van der Waals surface area contributed by atoms with Crippen molar-refractivity contribution in [3.63, 3.8) is 0 Å². The lowest BCUT2D eigenvalue weighted by atomic mass is 9.94. The Kier molecular flexibility index (Phi) is 16.9. The number of nitrogens with zero attached hydrogens (tertiary/aromatic N) is 2. The van der Waals surface area contributed by atoms with E-state index in [1.54, 1.807) is 11.0 Å². The first-order chi connectivity index (χ1) is 19.3. The summed E-state index contributed by atoms with van der Waals surface area (Å²) in [6.45, 7) is 23.5. The minimum atomic E-state index is -0.387. The van der Waals surface area contributed by atoms with Gasteiger partial charge >= 0.3 is 6.09 Å². The van der Waals surface area contributed by atoms with Crippen LogP contribution in [0.4, 0.5) is 14.9 Å². The highest BCUT2D eigenvalue weighted by molar-refractivity contribution is 6.02. The number of hydrogen-bond donors (Lipinski definition) is 1. The lowest BCUT2D eigenvalue weighted by molar-refractivity contribution is -0.118. The molecule has 1 saturated heterocycles. The number of allylic oxidation sites excluding steroid dienone is 1. The maximum Gasteiger partial charge on any atom is 0.410 e. The normalized spacial score (nSPS) is 16.9. The van der Waals surface area contributed by atoms with Crippen molar-refractivity contribution >= 4 is 17.7 Å². The van der Waals surface area contributed by atoms with Crippen LogP contribution in [0.2, 0.25) is 0 Å². The Balaban J connectivity index is 0.000000310. The molecule has 0 atom stereocenters. The molecule has 2 fully saturated rings. The molecule has 0 radical (unpaired) electrons. The minimum Gasteiger partial charge on any atom is -0.444 e. The number of rotatable bonds is 4. The summed E-state index contributed by atoms with van der Waals surface area (Å²) < 4.78 is 18.9. The summed E-state index contributed by atoms with van der Waals surface area (Å²) in [5.41, 5.74) is 2.30. The van der Waals surface area contributed by atoms with Crippen LogP contribution in [0.1, 0.15) is 112 Å². The molecule has 6 nitrogen and oxygen atoms in total. The van der Waals surface area contributed by atoms with Gasteiger partial charge < -0.3 is 19.9 Å². The van der Waals surface area contributed by atoms with Gasteiger partial charge in [0.15, 0.2) is 0 Å². The van der Waals surface area contributed by atoms with E-state index in [0.717, 1.165) is 50.6 Å². The summed E-state index contributed by atoms with van der Waals surface area (Å²) in [4.78, 5) is 27.1. The molecule has 1 N–H and O–H groups in total. The number of hydrogen-bond acceptors (Lipinski definition) is 4. The van der Waals surface area contributed by atoms with E-state index in [1.807, 2.05) is 31.7 Å². The van der Waals surface area contributed by atoms with Crippen LogP contribution in [0.3, 0.4) is 0 Å². The molecule has 1 aromatic rings. The van der Waals surface area contributed by atoms with Gasteiger partial charge in [-0.2, -0.15) is 0 Å². The second-order valence-corrected chi connectivity index (χ2v) is 12.7. The second-order valence-electron chi connectivity index (χ2n) is 12.7. The predicted octanol–water partition coefficient (Wildman–Crippen LogP) is 8.29. The summed E-state index contributed by atoms with van der Waals surface area (Å²) in [5, 5.41) is 3.18. The zero-order valence-corrected chi connectivity index (χ0v) is 27.3. The molecular formula is C34H58FN3O3. The van der Waals surface area contributed by atoms with Crippen LogP contribution in [0.5, 0.6) is 0 Å². The molecule has 7 heteroatoms. The number of anilines is 1. The number of benzene rings is 1. The molecule has 1 aliphatic carbocycles. The first-order valence-corrected chi connectivity index (χ1v) is 15.7. The topological polar surface area (TPSA) is 61.9 Å². The Morgan fingerprint density at radius 2 is 1.71 bits per heavy atom. The van der Waals surface area contributed by atoms with Gasteiger partial charge in [0.25, 0.3) is 0 Å². The molecule has 0 unspecified atom stereocenters. The van der Waals surface area contributed by atoms with Crippen molar-refractivity contribution in [2.45, 2.75) is 125 Å². The molecular weight excluding hydrogens is 517 g/mol. The third kappa shape index (κ3) is 14.4. The Bertz CT molecular complexity index is 930. The van der Waals surface area contributed by atoms with Crippen LogP contribution < -0.4 is 10.2 Å². The van der Waals surface area contributed by atoms with Gasteiger partial charge in [0, 0.05) is 37.8 Å². The van der Waals surface area contributed by atoms with Crippen molar-refractivity contribution in [2.75, 3.05) is 31.1 Å².